The van der Waals surface area contributed by atoms with Gasteiger partial charge in [0.05, 0.1) is 26.4 Å². The molecule has 2 rings (SSSR count). The number of ether oxygens (including phenoxy) is 1. The first-order chi connectivity index (χ1) is 10.1. The van der Waals surface area contributed by atoms with Crippen LogP contribution in [0.5, 0.6) is 5.75 Å². The lowest BCUT2D eigenvalue weighted by atomic mass is 10.2. The van der Waals surface area contributed by atoms with Gasteiger partial charge in [-0.25, -0.2) is 0 Å². The molecule has 0 spiro atoms. The minimum atomic E-state index is 0.322. The summed E-state index contributed by atoms with van der Waals surface area (Å²) in [6.45, 7) is 5.16. The highest BCUT2D eigenvalue weighted by atomic mass is 79.9. The molecule has 0 unspecified atom stereocenters. The van der Waals surface area contributed by atoms with Crippen molar-refractivity contribution < 1.29 is 9.53 Å². The molecule has 0 radical (unpaired) electrons. The first-order valence-electron chi connectivity index (χ1n) is 6.72. The number of hydrogen-bond donors (Lipinski definition) is 0. The maximum Gasteiger partial charge on any atom is 0.155 e. The van der Waals surface area contributed by atoms with E-state index in [2.05, 4.69) is 28.0 Å². The monoisotopic (exact) mass is 370 g/mol. The Balaban J connectivity index is 2.26. The molecule has 0 N–H and O–H groups in total. The Morgan fingerprint density at radius 1 is 1.43 bits per heavy atom. The molecular weight excluding hydrogens is 356 g/mol. The van der Waals surface area contributed by atoms with Crippen molar-refractivity contribution in [1.82, 2.24) is 9.78 Å². The van der Waals surface area contributed by atoms with E-state index in [1.54, 1.807) is 18.2 Å². The van der Waals surface area contributed by atoms with Gasteiger partial charge < -0.3 is 4.74 Å². The predicted molar refractivity (Wildman–Crippen MR) is 86.2 cm³/mol. The number of benzene rings is 1. The maximum atomic E-state index is 11.1. The van der Waals surface area contributed by atoms with Crippen molar-refractivity contribution in [1.29, 1.82) is 0 Å². The van der Waals surface area contributed by atoms with Gasteiger partial charge in [0.15, 0.2) is 6.29 Å². The fourth-order valence-electron chi connectivity index (χ4n) is 2.06. The van der Waals surface area contributed by atoms with Crippen molar-refractivity contribution in [3.05, 3.63) is 44.6 Å². The Bertz CT molecular complexity index is 655. The van der Waals surface area contributed by atoms with Crippen molar-refractivity contribution in [2.45, 2.75) is 33.4 Å². The van der Waals surface area contributed by atoms with E-state index >= 15 is 0 Å². The van der Waals surface area contributed by atoms with Gasteiger partial charge in [0, 0.05) is 6.54 Å². The average Bonchev–Trinajstić information content (AvgIpc) is 2.80. The molecule has 1 aromatic heterocycles. The Morgan fingerprint density at radius 2 is 2.19 bits per heavy atom. The molecule has 2 aromatic rings. The quantitative estimate of drug-likeness (QED) is 0.712. The Morgan fingerprint density at radius 3 is 2.81 bits per heavy atom. The topological polar surface area (TPSA) is 44.1 Å². The van der Waals surface area contributed by atoms with Gasteiger partial charge in [0.25, 0.3) is 0 Å². The zero-order valence-electron chi connectivity index (χ0n) is 11.9. The molecule has 0 amide bonds. The van der Waals surface area contributed by atoms with E-state index in [1.807, 2.05) is 11.6 Å². The third-order valence-corrected chi connectivity index (χ3v) is 4.43. The predicted octanol–water partition coefficient (Wildman–Crippen LogP) is 4.27. The molecule has 0 saturated heterocycles. The SMILES string of the molecule is CCc1nn(CC)c(COc2cccc(Cl)c2C=O)c1Br. The minimum absolute atomic E-state index is 0.322. The second-order valence-electron chi connectivity index (χ2n) is 4.43. The first-order valence-corrected chi connectivity index (χ1v) is 7.89. The Labute approximate surface area is 137 Å². The van der Waals surface area contributed by atoms with Crippen LogP contribution < -0.4 is 4.74 Å². The largest absolute Gasteiger partial charge is 0.486 e. The van der Waals surface area contributed by atoms with Crippen molar-refractivity contribution in [2.75, 3.05) is 0 Å². The van der Waals surface area contributed by atoms with E-state index in [-0.39, 0.29) is 0 Å². The fourth-order valence-corrected chi connectivity index (χ4v) is 2.95. The van der Waals surface area contributed by atoms with Crippen LogP contribution in [0.4, 0.5) is 0 Å². The van der Waals surface area contributed by atoms with Crippen molar-refractivity contribution in [2.24, 2.45) is 0 Å². The molecule has 112 valence electrons. The Kier molecular flexibility index (Phi) is 5.42. The highest BCUT2D eigenvalue weighted by Crippen LogP contribution is 2.27. The number of rotatable bonds is 6. The summed E-state index contributed by atoms with van der Waals surface area (Å²) in [5.41, 5.74) is 2.32. The summed E-state index contributed by atoms with van der Waals surface area (Å²) < 4.78 is 8.63. The summed E-state index contributed by atoms with van der Waals surface area (Å²) in [7, 11) is 0. The number of aromatic nitrogens is 2. The lowest BCUT2D eigenvalue weighted by Crippen LogP contribution is -2.07. The zero-order chi connectivity index (χ0) is 15.4. The van der Waals surface area contributed by atoms with Gasteiger partial charge in [0.1, 0.15) is 12.4 Å². The molecule has 0 saturated carbocycles. The van der Waals surface area contributed by atoms with Crippen LogP contribution in [-0.2, 0) is 19.6 Å². The minimum Gasteiger partial charge on any atom is -0.486 e. The molecule has 21 heavy (non-hydrogen) atoms. The molecule has 1 aromatic carbocycles. The summed E-state index contributed by atoms with van der Waals surface area (Å²) in [4.78, 5) is 11.1. The van der Waals surface area contributed by atoms with Gasteiger partial charge in [-0.05, 0) is 41.4 Å². The number of carbonyl (C=O) groups is 1. The average molecular weight is 372 g/mol. The van der Waals surface area contributed by atoms with Crippen LogP contribution in [0.1, 0.15) is 35.6 Å². The smallest absolute Gasteiger partial charge is 0.155 e. The number of nitrogens with zero attached hydrogens (tertiary/aromatic N) is 2. The van der Waals surface area contributed by atoms with Crippen LogP contribution >= 0.6 is 27.5 Å². The lowest BCUT2D eigenvalue weighted by Gasteiger charge is -2.10. The van der Waals surface area contributed by atoms with E-state index in [0.29, 0.717) is 29.2 Å². The van der Waals surface area contributed by atoms with E-state index in [1.165, 1.54) is 0 Å². The van der Waals surface area contributed by atoms with Crippen molar-refractivity contribution in [3.63, 3.8) is 0 Å². The third-order valence-electron chi connectivity index (χ3n) is 3.19. The summed E-state index contributed by atoms with van der Waals surface area (Å²) in [6, 6.07) is 5.16. The van der Waals surface area contributed by atoms with Gasteiger partial charge >= 0.3 is 0 Å². The highest BCUT2D eigenvalue weighted by Gasteiger charge is 2.15. The standard InChI is InChI=1S/C15H16BrClN2O2/c1-3-12-15(16)13(19(4-2)18-12)9-21-14-7-5-6-11(17)10(14)8-20/h5-8H,3-4,9H2,1-2H3. The second kappa shape index (κ2) is 7.09. The molecular formula is C15H16BrClN2O2. The van der Waals surface area contributed by atoms with Crippen LogP contribution in [-0.4, -0.2) is 16.1 Å². The fraction of sp³-hybridized carbons (Fsp3) is 0.333. The van der Waals surface area contributed by atoms with Crippen LogP contribution in [0.2, 0.25) is 5.02 Å². The second-order valence-corrected chi connectivity index (χ2v) is 5.64. The number of aldehydes is 1. The lowest BCUT2D eigenvalue weighted by molar-refractivity contribution is 0.111. The number of hydrogen-bond acceptors (Lipinski definition) is 3. The van der Waals surface area contributed by atoms with Crippen LogP contribution in [0.15, 0.2) is 22.7 Å². The Hall–Kier alpha value is -1.33. The van der Waals surface area contributed by atoms with E-state index in [4.69, 9.17) is 16.3 Å². The van der Waals surface area contributed by atoms with Gasteiger partial charge in [0.2, 0.25) is 0 Å². The molecule has 0 aliphatic carbocycles. The number of aryl methyl sites for hydroxylation is 2. The van der Waals surface area contributed by atoms with Crippen LogP contribution in [0.3, 0.4) is 0 Å². The first kappa shape index (κ1) is 16.0. The van der Waals surface area contributed by atoms with Gasteiger partial charge in [-0.3, -0.25) is 9.48 Å². The zero-order valence-corrected chi connectivity index (χ0v) is 14.2. The van der Waals surface area contributed by atoms with Crippen LogP contribution in [0.25, 0.3) is 0 Å². The third kappa shape index (κ3) is 3.30. The normalized spacial score (nSPS) is 10.7. The molecule has 1 heterocycles. The van der Waals surface area contributed by atoms with Gasteiger partial charge in [-0.2, -0.15) is 5.10 Å². The molecule has 0 atom stereocenters. The summed E-state index contributed by atoms with van der Waals surface area (Å²) in [5.74, 6) is 0.478. The van der Waals surface area contributed by atoms with Gasteiger partial charge in [-0.1, -0.05) is 24.6 Å². The number of halogens is 2. The molecule has 0 aliphatic rings. The molecule has 6 heteroatoms. The van der Waals surface area contributed by atoms with Crippen LogP contribution in [0, 0.1) is 0 Å². The highest BCUT2D eigenvalue weighted by molar-refractivity contribution is 9.10. The maximum absolute atomic E-state index is 11.1. The summed E-state index contributed by atoms with van der Waals surface area (Å²) >= 11 is 9.56. The van der Waals surface area contributed by atoms with Crippen molar-refractivity contribution in [3.8, 4) is 5.75 Å². The van der Waals surface area contributed by atoms with Gasteiger partial charge in [-0.15, -0.1) is 0 Å². The van der Waals surface area contributed by atoms with E-state index in [9.17, 15) is 4.79 Å². The van der Waals surface area contributed by atoms with Crippen molar-refractivity contribution >= 4 is 33.8 Å². The van der Waals surface area contributed by atoms with E-state index in [0.717, 1.165) is 28.8 Å². The van der Waals surface area contributed by atoms with E-state index < -0.39 is 0 Å². The molecule has 0 bridgehead atoms. The molecule has 0 fully saturated rings. The molecule has 0 aliphatic heterocycles. The summed E-state index contributed by atoms with van der Waals surface area (Å²) in [6.07, 6.45) is 1.55. The number of carbonyl (C=O) groups excluding carboxylic acids is 1. The summed E-state index contributed by atoms with van der Waals surface area (Å²) in [5, 5.41) is 4.90. The molecule has 4 nitrogen and oxygen atoms in total.